The van der Waals surface area contributed by atoms with Gasteiger partial charge in [-0.15, -0.1) is 5.10 Å². The quantitative estimate of drug-likeness (QED) is 0.429. The molecule has 36 heavy (non-hydrogen) atoms. The van der Waals surface area contributed by atoms with Gasteiger partial charge >= 0.3 is 0 Å². The Hall–Kier alpha value is -3.57. The van der Waals surface area contributed by atoms with Gasteiger partial charge in [-0.1, -0.05) is 41.6 Å². The molecule has 2 aromatic carbocycles. The largest absolute Gasteiger partial charge is 0.369 e. The van der Waals surface area contributed by atoms with Crippen LogP contribution in [-0.4, -0.2) is 56.7 Å². The Labute approximate surface area is 212 Å². The van der Waals surface area contributed by atoms with Crippen LogP contribution in [0.3, 0.4) is 0 Å². The van der Waals surface area contributed by atoms with Crippen LogP contribution in [0.15, 0.2) is 54.7 Å². The molecule has 1 aromatic heterocycles. The first-order valence-corrected chi connectivity index (χ1v) is 11.8. The fraction of sp³-hybridized carbons (Fsp3) is 0.280. The van der Waals surface area contributed by atoms with Crippen LogP contribution in [0.25, 0.3) is 11.3 Å². The highest BCUT2D eigenvalue weighted by Crippen LogP contribution is 2.29. The minimum atomic E-state index is -0.747. The number of primary amides is 1. The van der Waals surface area contributed by atoms with Crippen molar-refractivity contribution in [1.82, 2.24) is 19.9 Å². The van der Waals surface area contributed by atoms with Crippen LogP contribution in [0.4, 0.5) is 8.78 Å². The van der Waals surface area contributed by atoms with E-state index in [1.54, 1.807) is 11.0 Å². The first-order valence-electron chi connectivity index (χ1n) is 11.3. The highest BCUT2D eigenvalue weighted by atomic mass is 32.1. The molecule has 1 atom stereocenters. The maximum absolute atomic E-state index is 15.0. The SMILES string of the molecule is NC(=O)C(S)Cc1cn(-c2cc(F)c(C3=CCN(C(=O)COCc4ccccc4)CC3)c(F)c2)nn1. The van der Waals surface area contributed by atoms with Crippen molar-refractivity contribution in [3.05, 3.63) is 83.2 Å². The van der Waals surface area contributed by atoms with E-state index in [0.29, 0.717) is 30.8 Å². The van der Waals surface area contributed by atoms with E-state index in [9.17, 15) is 18.4 Å². The molecular formula is C25H25F2N5O3S. The van der Waals surface area contributed by atoms with Gasteiger partial charge < -0.3 is 15.4 Å². The lowest BCUT2D eigenvalue weighted by Gasteiger charge is -2.27. The van der Waals surface area contributed by atoms with Crippen LogP contribution in [0, 0.1) is 11.6 Å². The van der Waals surface area contributed by atoms with E-state index < -0.39 is 22.8 Å². The molecule has 11 heteroatoms. The number of nitrogens with two attached hydrogens (primary N) is 1. The number of nitrogens with zero attached hydrogens (tertiary/aromatic N) is 4. The van der Waals surface area contributed by atoms with Crippen molar-refractivity contribution in [2.75, 3.05) is 19.7 Å². The molecule has 0 aliphatic carbocycles. The minimum Gasteiger partial charge on any atom is -0.369 e. The summed E-state index contributed by atoms with van der Waals surface area (Å²) in [5.41, 5.74) is 7.08. The molecule has 0 spiro atoms. The molecule has 188 valence electrons. The van der Waals surface area contributed by atoms with E-state index in [-0.39, 0.29) is 36.7 Å². The molecular weight excluding hydrogens is 488 g/mol. The Morgan fingerprint density at radius 2 is 1.89 bits per heavy atom. The van der Waals surface area contributed by atoms with Crippen LogP contribution in [0.5, 0.6) is 0 Å². The molecule has 3 aromatic rings. The predicted molar refractivity (Wildman–Crippen MR) is 132 cm³/mol. The smallest absolute Gasteiger partial charge is 0.248 e. The van der Waals surface area contributed by atoms with Crippen LogP contribution < -0.4 is 5.73 Å². The lowest BCUT2D eigenvalue weighted by molar-refractivity contribution is -0.136. The summed E-state index contributed by atoms with van der Waals surface area (Å²) in [5.74, 6) is -2.28. The second-order valence-corrected chi connectivity index (χ2v) is 8.98. The van der Waals surface area contributed by atoms with Crippen LogP contribution in [0.1, 0.15) is 23.2 Å². The summed E-state index contributed by atoms with van der Waals surface area (Å²) in [6.07, 6.45) is 3.57. The number of carbonyl (C=O) groups is 2. The van der Waals surface area contributed by atoms with E-state index in [2.05, 4.69) is 22.9 Å². The van der Waals surface area contributed by atoms with Crippen molar-refractivity contribution in [3.63, 3.8) is 0 Å². The van der Waals surface area contributed by atoms with Crippen molar-refractivity contribution in [3.8, 4) is 5.69 Å². The maximum Gasteiger partial charge on any atom is 0.248 e. The molecule has 8 nitrogen and oxygen atoms in total. The monoisotopic (exact) mass is 513 g/mol. The molecule has 0 radical (unpaired) electrons. The van der Waals surface area contributed by atoms with Gasteiger partial charge in [0.1, 0.15) is 18.2 Å². The van der Waals surface area contributed by atoms with Gasteiger partial charge in [-0.05, 0) is 17.6 Å². The molecule has 0 saturated carbocycles. The Balaban J connectivity index is 1.38. The molecule has 1 unspecified atom stereocenters. The minimum absolute atomic E-state index is 0.0667. The van der Waals surface area contributed by atoms with Gasteiger partial charge in [-0.2, -0.15) is 12.6 Å². The molecule has 1 aliphatic heterocycles. The zero-order valence-corrected chi connectivity index (χ0v) is 20.2. The third kappa shape index (κ3) is 6.16. The third-order valence-corrected chi connectivity index (χ3v) is 6.22. The molecule has 0 fully saturated rings. The van der Waals surface area contributed by atoms with Gasteiger partial charge in [0.2, 0.25) is 11.8 Å². The van der Waals surface area contributed by atoms with Crippen molar-refractivity contribution in [2.45, 2.75) is 24.7 Å². The van der Waals surface area contributed by atoms with Crippen LogP contribution >= 0.6 is 12.6 Å². The summed E-state index contributed by atoms with van der Waals surface area (Å²) < 4.78 is 36.7. The van der Waals surface area contributed by atoms with E-state index in [4.69, 9.17) is 10.5 Å². The van der Waals surface area contributed by atoms with Gasteiger partial charge in [0, 0.05) is 37.2 Å². The number of hydrogen-bond acceptors (Lipinski definition) is 6. The molecule has 0 saturated heterocycles. The van der Waals surface area contributed by atoms with E-state index in [1.165, 1.54) is 23.0 Å². The number of benzene rings is 2. The third-order valence-electron chi connectivity index (χ3n) is 5.78. The topological polar surface area (TPSA) is 103 Å². The van der Waals surface area contributed by atoms with E-state index in [1.807, 2.05) is 30.3 Å². The van der Waals surface area contributed by atoms with E-state index >= 15 is 0 Å². The first-order chi connectivity index (χ1) is 17.3. The van der Waals surface area contributed by atoms with Gasteiger partial charge in [0.25, 0.3) is 0 Å². The van der Waals surface area contributed by atoms with Crippen molar-refractivity contribution in [1.29, 1.82) is 0 Å². The summed E-state index contributed by atoms with van der Waals surface area (Å²) in [6, 6.07) is 11.9. The molecule has 2 N–H and O–H groups in total. The van der Waals surface area contributed by atoms with Crippen molar-refractivity contribution in [2.24, 2.45) is 5.73 Å². The van der Waals surface area contributed by atoms with Gasteiger partial charge in [0.05, 0.1) is 29.4 Å². The van der Waals surface area contributed by atoms with Gasteiger partial charge in [-0.3, -0.25) is 9.59 Å². The van der Waals surface area contributed by atoms with Crippen LogP contribution in [-0.2, 0) is 27.4 Å². The summed E-state index contributed by atoms with van der Waals surface area (Å²) >= 11 is 4.08. The standard InChI is InChI=1S/C25H25F2N5O3S/c26-20-11-19(32-13-18(29-30-32)10-22(36)25(28)34)12-21(27)24(20)17-6-8-31(9-7-17)23(33)15-35-14-16-4-2-1-3-5-16/h1-6,11-13,22,36H,7-10,14-15H2,(H2,28,34). The maximum atomic E-state index is 15.0. The molecule has 4 rings (SSSR count). The number of amides is 2. The normalized spacial score (nSPS) is 14.4. The zero-order chi connectivity index (χ0) is 25.7. The number of hydrogen-bond donors (Lipinski definition) is 2. The van der Waals surface area contributed by atoms with Crippen molar-refractivity contribution >= 4 is 30.0 Å². The Morgan fingerprint density at radius 3 is 2.53 bits per heavy atom. The van der Waals surface area contributed by atoms with Crippen LogP contribution in [0.2, 0.25) is 0 Å². The number of carbonyl (C=O) groups excluding carboxylic acids is 2. The lowest BCUT2D eigenvalue weighted by Crippen LogP contribution is -2.37. The summed E-state index contributed by atoms with van der Waals surface area (Å²) in [4.78, 5) is 25.2. The number of rotatable bonds is 9. The molecule has 1 aliphatic rings. The number of aromatic nitrogens is 3. The molecule has 2 amide bonds. The highest BCUT2D eigenvalue weighted by molar-refractivity contribution is 7.81. The van der Waals surface area contributed by atoms with Gasteiger partial charge in [-0.25, -0.2) is 13.5 Å². The Kier molecular flexibility index (Phi) is 8.11. The lowest BCUT2D eigenvalue weighted by atomic mass is 9.98. The number of thiol groups is 1. The first kappa shape index (κ1) is 25.5. The second kappa shape index (κ2) is 11.4. The summed E-state index contributed by atoms with van der Waals surface area (Å²) in [7, 11) is 0. The average molecular weight is 514 g/mol. The van der Waals surface area contributed by atoms with Gasteiger partial charge in [0.15, 0.2) is 0 Å². The summed E-state index contributed by atoms with van der Waals surface area (Å²) in [6.45, 7) is 0.832. The number of halogens is 2. The molecule has 0 bridgehead atoms. The second-order valence-electron chi connectivity index (χ2n) is 8.36. The highest BCUT2D eigenvalue weighted by Gasteiger charge is 2.23. The zero-order valence-electron chi connectivity index (χ0n) is 19.3. The summed E-state index contributed by atoms with van der Waals surface area (Å²) in [5, 5.41) is 7.03. The average Bonchev–Trinajstić information content (AvgIpc) is 3.33. The van der Waals surface area contributed by atoms with Crippen molar-refractivity contribution < 1.29 is 23.1 Å². The Morgan fingerprint density at radius 1 is 1.17 bits per heavy atom. The number of ether oxygens (including phenoxy) is 1. The predicted octanol–water partition coefficient (Wildman–Crippen LogP) is 2.70. The fourth-order valence-corrected chi connectivity index (χ4v) is 4.05. The molecule has 2 heterocycles. The van der Waals surface area contributed by atoms with E-state index in [0.717, 1.165) is 5.56 Å². The Bertz CT molecular complexity index is 1260. The fourth-order valence-electron chi connectivity index (χ4n) is 3.86.